The first kappa shape index (κ1) is 16.4. The average Bonchev–Trinajstić information content (AvgIpc) is 2.66. The molecule has 17 heavy (non-hydrogen) atoms. The molecule has 0 fully saturated rings. The monoisotopic (exact) mass is 277 g/mol. The number of carbonyl (C=O) groups is 1. The van der Waals surface area contributed by atoms with Crippen LogP contribution in [0.3, 0.4) is 0 Å². The van der Waals surface area contributed by atoms with E-state index in [1.54, 1.807) is 6.20 Å². The Hall–Kier alpha value is -0.650. The van der Waals surface area contributed by atoms with Gasteiger partial charge in [-0.3, -0.25) is 4.79 Å². The lowest BCUT2D eigenvalue weighted by atomic mass is 10.2. The van der Waals surface area contributed by atoms with Gasteiger partial charge < -0.3 is 11.1 Å². The molecule has 1 aromatic rings. The maximum absolute atomic E-state index is 11.6. The number of halogens is 1. The van der Waals surface area contributed by atoms with Crippen LogP contribution in [0.1, 0.15) is 44.4 Å². The first-order valence-electron chi connectivity index (χ1n) is 5.56. The van der Waals surface area contributed by atoms with Crippen molar-refractivity contribution in [2.45, 2.75) is 45.6 Å². The Morgan fingerprint density at radius 2 is 2.24 bits per heavy atom. The summed E-state index contributed by atoms with van der Waals surface area (Å²) in [6, 6.07) is -0.434. The lowest BCUT2D eigenvalue weighted by Gasteiger charge is -2.08. The van der Waals surface area contributed by atoms with Gasteiger partial charge in [0.25, 0.3) is 0 Å². The largest absolute Gasteiger partial charge is 0.320 e. The van der Waals surface area contributed by atoms with Gasteiger partial charge in [0.2, 0.25) is 5.91 Å². The van der Waals surface area contributed by atoms with E-state index in [9.17, 15) is 4.79 Å². The van der Waals surface area contributed by atoms with Crippen LogP contribution in [0.5, 0.6) is 0 Å². The summed E-state index contributed by atoms with van der Waals surface area (Å²) in [4.78, 5) is 16.9. The van der Waals surface area contributed by atoms with Gasteiger partial charge in [-0.1, -0.05) is 27.2 Å². The number of anilines is 1. The van der Waals surface area contributed by atoms with Gasteiger partial charge in [0, 0.05) is 11.1 Å². The first-order valence-corrected chi connectivity index (χ1v) is 6.38. The molecule has 0 spiro atoms. The minimum atomic E-state index is -0.434. The number of nitrogens with one attached hydrogen (secondary N) is 1. The summed E-state index contributed by atoms with van der Waals surface area (Å²) in [6.07, 6.45) is 3.41. The summed E-state index contributed by atoms with van der Waals surface area (Å²) in [5.74, 6) is 0.291. The van der Waals surface area contributed by atoms with E-state index in [0.717, 1.165) is 6.42 Å². The molecule has 4 nitrogen and oxygen atoms in total. The highest BCUT2D eigenvalue weighted by Gasteiger charge is 2.14. The molecule has 1 atom stereocenters. The van der Waals surface area contributed by atoms with Crippen LogP contribution in [0.4, 0.5) is 5.13 Å². The summed E-state index contributed by atoms with van der Waals surface area (Å²) in [6.45, 7) is 6.21. The Balaban J connectivity index is 0.00000256. The Morgan fingerprint density at radius 1 is 1.59 bits per heavy atom. The predicted molar refractivity (Wildman–Crippen MR) is 75.0 cm³/mol. The van der Waals surface area contributed by atoms with Crippen molar-refractivity contribution < 1.29 is 4.79 Å². The topological polar surface area (TPSA) is 68.0 Å². The van der Waals surface area contributed by atoms with Gasteiger partial charge in [-0.25, -0.2) is 4.98 Å². The summed E-state index contributed by atoms with van der Waals surface area (Å²) < 4.78 is 0. The zero-order valence-corrected chi connectivity index (χ0v) is 12.0. The van der Waals surface area contributed by atoms with Gasteiger partial charge in [-0.2, -0.15) is 0 Å². The maximum Gasteiger partial charge on any atom is 0.243 e. The van der Waals surface area contributed by atoms with Crippen LogP contribution >= 0.6 is 23.7 Å². The fraction of sp³-hybridized carbons (Fsp3) is 0.636. The fourth-order valence-corrected chi connectivity index (χ4v) is 2.07. The summed E-state index contributed by atoms with van der Waals surface area (Å²) >= 11 is 1.51. The number of hydrogen-bond acceptors (Lipinski definition) is 4. The quantitative estimate of drug-likeness (QED) is 0.870. The highest BCUT2D eigenvalue weighted by atomic mass is 35.5. The maximum atomic E-state index is 11.6. The van der Waals surface area contributed by atoms with Crippen molar-refractivity contribution in [3.05, 3.63) is 11.1 Å². The van der Waals surface area contributed by atoms with Gasteiger partial charge in [-0.15, -0.1) is 23.7 Å². The van der Waals surface area contributed by atoms with Gasteiger partial charge >= 0.3 is 0 Å². The van der Waals surface area contributed by atoms with Crippen LogP contribution in [0.25, 0.3) is 0 Å². The Kier molecular flexibility index (Phi) is 7.34. The smallest absolute Gasteiger partial charge is 0.243 e. The minimum Gasteiger partial charge on any atom is -0.320 e. The Bertz CT molecular complexity index is 354. The number of amides is 1. The summed E-state index contributed by atoms with van der Waals surface area (Å²) in [5.41, 5.74) is 5.71. The number of nitrogens with zero attached hydrogens (tertiary/aromatic N) is 1. The molecule has 0 bridgehead atoms. The zero-order chi connectivity index (χ0) is 12.1. The second kappa shape index (κ2) is 7.63. The third-order valence-electron chi connectivity index (χ3n) is 2.26. The number of hydrogen-bond donors (Lipinski definition) is 2. The standard InChI is InChI=1S/C11H19N3OS.ClH/c1-4-5-8(12)10(15)14-11-13-6-9(16-11)7(2)3;/h6-8H,4-5,12H2,1-3H3,(H,13,14,15);1H. The zero-order valence-electron chi connectivity index (χ0n) is 10.4. The molecular formula is C11H20ClN3OS. The molecule has 0 aliphatic carbocycles. The molecule has 0 saturated carbocycles. The van der Waals surface area contributed by atoms with Crippen molar-refractivity contribution in [1.29, 1.82) is 0 Å². The van der Waals surface area contributed by atoms with E-state index in [-0.39, 0.29) is 18.3 Å². The van der Waals surface area contributed by atoms with Crippen LogP contribution in [-0.4, -0.2) is 16.9 Å². The second-order valence-electron chi connectivity index (χ2n) is 4.11. The summed E-state index contributed by atoms with van der Waals surface area (Å²) in [7, 11) is 0. The van der Waals surface area contributed by atoms with Crippen molar-refractivity contribution in [1.82, 2.24) is 4.98 Å². The van der Waals surface area contributed by atoms with E-state index in [1.807, 2.05) is 6.92 Å². The van der Waals surface area contributed by atoms with Crippen molar-refractivity contribution >= 4 is 34.8 Å². The molecule has 98 valence electrons. The molecule has 1 amide bonds. The molecule has 0 saturated heterocycles. The first-order chi connectivity index (χ1) is 7.54. The highest BCUT2D eigenvalue weighted by molar-refractivity contribution is 7.15. The lowest BCUT2D eigenvalue weighted by molar-refractivity contribution is -0.117. The van der Waals surface area contributed by atoms with Crippen molar-refractivity contribution in [2.75, 3.05) is 5.32 Å². The second-order valence-corrected chi connectivity index (χ2v) is 5.17. The number of nitrogens with two attached hydrogens (primary N) is 1. The molecule has 0 aliphatic rings. The van der Waals surface area contributed by atoms with Crippen LogP contribution in [0.15, 0.2) is 6.20 Å². The molecule has 1 unspecified atom stereocenters. The molecule has 1 aromatic heterocycles. The van der Waals surface area contributed by atoms with E-state index in [0.29, 0.717) is 17.5 Å². The molecule has 0 aliphatic heterocycles. The molecular weight excluding hydrogens is 258 g/mol. The van der Waals surface area contributed by atoms with E-state index < -0.39 is 6.04 Å². The van der Waals surface area contributed by atoms with E-state index in [4.69, 9.17) is 5.73 Å². The molecule has 1 rings (SSSR count). The van der Waals surface area contributed by atoms with E-state index in [1.165, 1.54) is 16.2 Å². The molecule has 1 heterocycles. The van der Waals surface area contributed by atoms with Gasteiger partial charge in [0.05, 0.1) is 6.04 Å². The van der Waals surface area contributed by atoms with Crippen LogP contribution in [0.2, 0.25) is 0 Å². The number of aromatic nitrogens is 1. The molecule has 0 radical (unpaired) electrons. The SMILES string of the molecule is CCCC(N)C(=O)Nc1ncc(C(C)C)s1.Cl. The Labute approximate surface area is 112 Å². The minimum absolute atomic E-state index is 0. The van der Waals surface area contributed by atoms with Gasteiger partial charge in [0.15, 0.2) is 5.13 Å². The van der Waals surface area contributed by atoms with E-state index in [2.05, 4.69) is 24.1 Å². The predicted octanol–water partition coefficient (Wildman–Crippen LogP) is 2.75. The fourth-order valence-electron chi connectivity index (χ4n) is 1.25. The van der Waals surface area contributed by atoms with Crippen LogP contribution in [-0.2, 0) is 4.79 Å². The normalized spacial score (nSPS) is 12.1. The third kappa shape index (κ3) is 5.02. The molecule has 6 heteroatoms. The summed E-state index contributed by atoms with van der Waals surface area (Å²) in [5, 5.41) is 3.38. The van der Waals surface area contributed by atoms with Crippen molar-refractivity contribution in [2.24, 2.45) is 5.73 Å². The van der Waals surface area contributed by atoms with Crippen LogP contribution < -0.4 is 11.1 Å². The lowest BCUT2D eigenvalue weighted by Crippen LogP contribution is -2.35. The molecule has 0 aromatic carbocycles. The molecule has 3 N–H and O–H groups in total. The van der Waals surface area contributed by atoms with Crippen LogP contribution in [0, 0.1) is 0 Å². The van der Waals surface area contributed by atoms with Gasteiger partial charge in [0.1, 0.15) is 0 Å². The van der Waals surface area contributed by atoms with E-state index >= 15 is 0 Å². The number of carbonyl (C=O) groups excluding carboxylic acids is 1. The third-order valence-corrected chi connectivity index (χ3v) is 3.47. The van der Waals surface area contributed by atoms with Gasteiger partial charge in [-0.05, 0) is 12.3 Å². The Morgan fingerprint density at radius 3 is 2.71 bits per heavy atom. The average molecular weight is 278 g/mol. The van der Waals surface area contributed by atoms with Crippen molar-refractivity contribution in [3.8, 4) is 0 Å². The highest BCUT2D eigenvalue weighted by Crippen LogP contribution is 2.25. The van der Waals surface area contributed by atoms with Crippen molar-refractivity contribution in [3.63, 3.8) is 0 Å². The number of thiazole rings is 1. The number of rotatable bonds is 5.